The van der Waals surface area contributed by atoms with Gasteiger partial charge in [0.25, 0.3) is 5.70 Å². The zero-order chi connectivity index (χ0) is 65.1. The van der Waals surface area contributed by atoms with Crippen molar-refractivity contribution in [2.75, 3.05) is 33.0 Å². The Hall–Kier alpha value is -8.78. The van der Waals surface area contributed by atoms with E-state index in [1.165, 1.54) is 12.1 Å². The van der Waals surface area contributed by atoms with E-state index in [1.54, 1.807) is 69.3 Å². The summed E-state index contributed by atoms with van der Waals surface area (Å²) in [7, 11) is 0. The van der Waals surface area contributed by atoms with Gasteiger partial charge in [0.2, 0.25) is 0 Å². The molecule has 3 aromatic carbocycles. The predicted molar refractivity (Wildman–Crippen MR) is 320 cm³/mol. The first kappa shape index (κ1) is 70.3. The van der Waals surface area contributed by atoms with Gasteiger partial charge in [0.05, 0.1) is 102 Å². The van der Waals surface area contributed by atoms with Crippen molar-refractivity contribution in [3.05, 3.63) is 118 Å². The summed E-state index contributed by atoms with van der Waals surface area (Å²) in [6.07, 6.45) is 3.03. The Kier molecular flexibility index (Phi) is 28.1. The number of thioether (sulfide) groups is 2. The number of hydrogen-bond donors (Lipinski definition) is 0. The molecule has 0 saturated heterocycles. The highest BCUT2D eigenvalue weighted by Gasteiger charge is 2.37. The van der Waals surface area contributed by atoms with Crippen LogP contribution in [0.1, 0.15) is 109 Å². The number of nitrogens with zero attached hydrogens (tertiary/aromatic N) is 2. The van der Waals surface area contributed by atoms with Crippen LogP contribution in [0.25, 0.3) is 4.85 Å². The maximum Gasteiger partial charge on any atom is 0.330 e. The number of esters is 10. The molecule has 23 nitrogen and oxygen atoms in total. The highest BCUT2D eigenvalue weighted by molar-refractivity contribution is 8.24. The van der Waals surface area contributed by atoms with Crippen LogP contribution in [-0.4, -0.2) is 111 Å². The second-order valence-corrected chi connectivity index (χ2v) is 23.5. The van der Waals surface area contributed by atoms with Crippen molar-refractivity contribution in [2.24, 2.45) is 23.7 Å². The van der Waals surface area contributed by atoms with E-state index >= 15 is 0 Å². The van der Waals surface area contributed by atoms with Gasteiger partial charge in [-0.2, -0.15) is 0 Å². The molecule has 0 radical (unpaired) electrons. The van der Waals surface area contributed by atoms with E-state index in [9.17, 15) is 53.2 Å². The summed E-state index contributed by atoms with van der Waals surface area (Å²) in [5, 5.41) is 9.72. The molecule has 3 atom stereocenters. The van der Waals surface area contributed by atoms with Gasteiger partial charge in [-0.05, 0) is 120 Å². The molecule has 0 N–H and O–H groups in total. The Morgan fingerprint density at radius 3 is 1.26 bits per heavy atom. The molecule has 90 heavy (non-hydrogen) atoms. The highest BCUT2D eigenvalue weighted by Crippen LogP contribution is 2.59. The van der Waals surface area contributed by atoms with E-state index < -0.39 is 102 Å². The van der Waals surface area contributed by atoms with E-state index in [1.807, 2.05) is 6.07 Å². The lowest BCUT2D eigenvalue weighted by Gasteiger charge is -2.26. The molecule has 3 unspecified atom stereocenters. The summed E-state index contributed by atoms with van der Waals surface area (Å²) in [6.45, 7) is 19.1. The molecule has 0 aromatic heterocycles. The number of nitriles is 1. The van der Waals surface area contributed by atoms with Crippen molar-refractivity contribution in [3.63, 3.8) is 0 Å². The summed E-state index contributed by atoms with van der Waals surface area (Å²) < 4.78 is 59.7. The van der Waals surface area contributed by atoms with Crippen molar-refractivity contribution in [1.29, 1.82) is 5.26 Å². The van der Waals surface area contributed by atoms with Crippen LogP contribution in [-0.2, 0) is 93.9 Å². The molecular weight excluding hydrogens is 1210 g/mol. The first-order valence-electron chi connectivity index (χ1n) is 29.2. The fourth-order valence-electron chi connectivity index (χ4n) is 9.34. The van der Waals surface area contributed by atoms with Crippen LogP contribution in [0.4, 0.5) is 0 Å². The molecule has 1 heterocycles. The van der Waals surface area contributed by atoms with Gasteiger partial charge in [-0.1, -0.05) is 60.9 Å². The second kappa shape index (κ2) is 36.0. The van der Waals surface area contributed by atoms with Crippen LogP contribution in [0.15, 0.2) is 106 Å². The van der Waals surface area contributed by atoms with Crippen molar-refractivity contribution < 1.29 is 100 Å². The van der Waals surface area contributed by atoms with Crippen LogP contribution in [0.3, 0.4) is 0 Å². The molecule has 0 bridgehead atoms. The molecule has 6 rings (SSSR count). The number of carbonyl (C=O) groups is 10. The number of ether oxygens (including phenoxy) is 11. The largest absolute Gasteiger partial charge is 0.465 e. The monoisotopic (exact) mass is 1280 g/mol. The SMILES string of the molecule is [C-]#[N+]/C(C#N)=C1\Sc2c(OC(=O)C3CCC(C(=O)Oc4ccc(CCOC(=O)CCC(=O)OCC(C)OC(=O)C=C)cc4)CC3)ccc(OC(=O)C3CCC(C(=O)Oc4ccc(CCOC(=O)CCC(=O)OC(C)COCC(C)OC(=O)C=C)cc4)CC3)c2S1. The third-order valence-corrected chi connectivity index (χ3v) is 16.8. The third kappa shape index (κ3) is 23.0. The van der Waals surface area contributed by atoms with E-state index in [-0.39, 0.29) is 75.9 Å². The summed E-state index contributed by atoms with van der Waals surface area (Å²) in [4.78, 5) is 129. The van der Waals surface area contributed by atoms with Crippen molar-refractivity contribution in [1.82, 2.24) is 0 Å². The molecule has 2 aliphatic carbocycles. The highest BCUT2D eigenvalue weighted by atomic mass is 32.2. The fraction of sp³-hybridized carbons (Fsp3) is 0.446. The topological polar surface area (TPSA) is 300 Å². The smallest absolute Gasteiger partial charge is 0.330 e. The summed E-state index contributed by atoms with van der Waals surface area (Å²) in [5.41, 5.74) is 1.42. The van der Waals surface area contributed by atoms with Gasteiger partial charge in [-0.25, -0.2) is 19.7 Å². The van der Waals surface area contributed by atoms with Crippen LogP contribution < -0.4 is 18.9 Å². The number of fused-ring (bicyclic) bond motifs is 1. The summed E-state index contributed by atoms with van der Waals surface area (Å²) >= 11 is 2.11. The Labute approximate surface area is 529 Å². The third-order valence-electron chi connectivity index (χ3n) is 14.2. The number of allylic oxidation sites excluding steroid dienone is 1. The Morgan fingerprint density at radius 1 is 0.522 bits per heavy atom. The molecular formula is C65H70N2O21S2. The van der Waals surface area contributed by atoms with Gasteiger partial charge in [-0.3, -0.25) is 38.4 Å². The molecule has 0 amide bonds. The molecule has 1 aliphatic heterocycles. The van der Waals surface area contributed by atoms with Gasteiger partial charge < -0.3 is 52.1 Å². The van der Waals surface area contributed by atoms with Gasteiger partial charge in [0.1, 0.15) is 47.9 Å². The van der Waals surface area contributed by atoms with Crippen LogP contribution in [0.5, 0.6) is 23.0 Å². The minimum absolute atomic E-state index is 0.0485. The van der Waals surface area contributed by atoms with Crippen LogP contribution >= 0.6 is 23.5 Å². The Balaban J connectivity index is 0.885. The Bertz CT molecular complexity index is 3210. The molecule has 0 spiro atoms. The van der Waals surface area contributed by atoms with Crippen LogP contribution in [0, 0.1) is 41.6 Å². The zero-order valence-corrected chi connectivity index (χ0v) is 51.7. The lowest BCUT2D eigenvalue weighted by Crippen LogP contribution is -2.30. The van der Waals surface area contributed by atoms with Crippen molar-refractivity contribution in [2.45, 2.75) is 139 Å². The van der Waals surface area contributed by atoms with Crippen molar-refractivity contribution >= 4 is 83.2 Å². The predicted octanol–water partition coefficient (Wildman–Crippen LogP) is 9.59. The maximum absolute atomic E-state index is 13.7. The maximum atomic E-state index is 13.7. The quantitative estimate of drug-likeness (QED) is 0.0144. The molecule has 3 aliphatic rings. The molecule has 25 heteroatoms. The number of benzene rings is 3. The average molecular weight is 1280 g/mol. The number of carbonyl (C=O) groups excluding carboxylic acids is 10. The van der Waals surface area contributed by atoms with Gasteiger partial charge >= 0.3 is 59.7 Å². The van der Waals surface area contributed by atoms with E-state index in [2.05, 4.69) is 18.0 Å². The van der Waals surface area contributed by atoms with Gasteiger partial charge in [0, 0.05) is 25.0 Å². The standard InChI is InChI=1S/C65H70N2O21S2/c1-7-53(68)82-39(3)36-78-37-40(4)84-58(73)30-29-56(71)80-34-32-43-11-23-49(24-12-43)86-62(75)45-15-19-47(20-16-45)64(77)88-52-26-25-51(59-60(52)90-65(89-59)50(35-66)67-6)87-63(76)46-17-13-44(14-18-46)61(74)85-48-21-9-42(10-22-48)31-33-79-55(70)27-28-57(72)81-38-41(5)83-54(69)8-2/h7-12,21-26,39-41,44-47H,1-2,13-20,27-34,36-38H2,3-5H3/b65-50+. The van der Waals surface area contributed by atoms with E-state index in [0.717, 1.165) is 46.8 Å². The Morgan fingerprint density at radius 2 is 0.878 bits per heavy atom. The number of rotatable bonds is 31. The second-order valence-electron chi connectivity index (χ2n) is 21.2. The summed E-state index contributed by atoms with van der Waals surface area (Å²) in [5.74, 6) is -6.69. The minimum atomic E-state index is -0.675. The van der Waals surface area contributed by atoms with Crippen molar-refractivity contribution in [3.8, 4) is 29.1 Å². The lowest BCUT2D eigenvalue weighted by atomic mass is 9.82. The molecule has 2 saturated carbocycles. The van der Waals surface area contributed by atoms with Gasteiger partial charge in [-0.15, -0.1) is 0 Å². The normalized spacial score (nSPS) is 18.1. The van der Waals surface area contributed by atoms with Gasteiger partial charge in [0.15, 0.2) is 0 Å². The summed E-state index contributed by atoms with van der Waals surface area (Å²) in [6, 6.07) is 18.3. The average Bonchev–Trinajstić information content (AvgIpc) is 1.85. The molecule has 478 valence electrons. The zero-order valence-electron chi connectivity index (χ0n) is 50.1. The molecule has 3 aromatic rings. The van der Waals surface area contributed by atoms with E-state index in [4.69, 9.17) is 58.7 Å². The molecule has 2 fully saturated rings. The minimum Gasteiger partial charge on any atom is -0.465 e. The fourth-order valence-corrected chi connectivity index (χ4v) is 11.8. The van der Waals surface area contributed by atoms with E-state index in [0.29, 0.717) is 89.7 Å². The first-order chi connectivity index (χ1) is 43.2. The first-order valence-corrected chi connectivity index (χ1v) is 30.9. The van der Waals surface area contributed by atoms with Crippen LogP contribution in [0.2, 0.25) is 0 Å². The lowest BCUT2D eigenvalue weighted by molar-refractivity contribution is -0.156. The number of hydrogen-bond acceptors (Lipinski definition) is 24.